The lowest BCUT2D eigenvalue weighted by atomic mass is 9.98. The summed E-state index contributed by atoms with van der Waals surface area (Å²) in [6, 6.07) is 6.49. The molecule has 0 aliphatic rings. The van der Waals surface area contributed by atoms with Crippen LogP contribution in [0.25, 0.3) is 5.52 Å². The summed E-state index contributed by atoms with van der Waals surface area (Å²) in [4.78, 5) is 4.15. The predicted molar refractivity (Wildman–Crippen MR) is 79.5 cm³/mol. The summed E-state index contributed by atoms with van der Waals surface area (Å²) in [5, 5.41) is 4.31. The second kappa shape index (κ2) is 5.06. The van der Waals surface area contributed by atoms with Crippen molar-refractivity contribution in [3.63, 3.8) is 0 Å². The zero-order chi connectivity index (χ0) is 14.1. The quantitative estimate of drug-likeness (QED) is 0.792. The third kappa shape index (κ3) is 2.42. The van der Waals surface area contributed by atoms with Gasteiger partial charge in [-0.1, -0.05) is 29.3 Å². The van der Waals surface area contributed by atoms with E-state index in [-0.39, 0.29) is 6.04 Å². The Kier molecular flexibility index (Phi) is 3.24. The van der Waals surface area contributed by atoms with E-state index >= 15 is 0 Å². The van der Waals surface area contributed by atoms with Gasteiger partial charge >= 0.3 is 0 Å². The molecule has 4 nitrogen and oxygen atoms in total. The molecule has 20 heavy (non-hydrogen) atoms. The van der Waals surface area contributed by atoms with Crippen molar-refractivity contribution >= 4 is 5.52 Å². The number of nitrogens with two attached hydrogens (primary N) is 1. The highest BCUT2D eigenvalue weighted by Crippen LogP contribution is 2.21. The molecule has 3 aromatic rings. The molecule has 102 valence electrons. The summed E-state index contributed by atoms with van der Waals surface area (Å²) >= 11 is 0. The smallest absolute Gasteiger partial charge is 0.0892 e. The average Bonchev–Trinajstić information content (AvgIpc) is 2.81. The summed E-state index contributed by atoms with van der Waals surface area (Å²) in [6.45, 7) is 4.22. The molecule has 1 atom stereocenters. The van der Waals surface area contributed by atoms with Crippen LogP contribution in [-0.4, -0.2) is 14.6 Å². The molecule has 2 N–H and O–H groups in total. The van der Waals surface area contributed by atoms with Crippen molar-refractivity contribution in [3.05, 3.63) is 65.2 Å². The summed E-state index contributed by atoms with van der Waals surface area (Å²) in [7, 11) is 0. The number of nitrogens with zero attached hydrogens (tertiary/aromatic N) is 3. The third-order valence-electron chi connectivity index (χ3n) is 3.49. The maximum atomic E-state index is 6.36. The van der Waals surface area contributed by atoms with Crippen molar-refractivity contribution in [2.45, 2.75) is 26.3 Å². The second-order valence-electron chi connectivity index (χ2n) is 5.31. The van der Waals surface area contributed by atoms with Crippen LogP contribution in [0.15, 0.2) is 43.0 Å². The van der Waals surface area contributed by atoms with Crippen LogP contribution in [0.5, 0.6) is 0 Å². The van der Waals surface area contributed by atoms with Crippen molar-refractivity contribution < 1.29 is 0 Å². The molecular formula is C16H18N4. The molecule has 3 rings (SSSR count). The first-order valence-electron chi connectivity index (χ1n) is 6.73. The van der Waals surface area contributed by atoms with E-state index < -0.39 is 0 Å². The molecule has 2 aromatic heterocycles. The van der Waals surface area contributed by atoms with Gasteiger partial charge in [-0.05, 0) is 25.8 Å². The largest absolute Gasteiger partial charge is 0.324 e. The molecule has 0 aliphatic heterocycles. The van der Waals surface area contributed by atoms with E-state index in [0.29, 0.717) is 0 Å². The fraction of sp³-hybridized carbons (Fsp3) is 0.250. The molecule has 0 aliphatic carbocycles. The van der Waals surface area contributed by atoms with Crippen LogP contribution in [0.3, 0.4) is 0 Å². The maximum absolute atomic E-state index is 6.36. The van der Waals surface area contributed by atoms with Gasteiger partial charge in [-0.25, -0.2) is 4.52 Å². The van der Waals surface area contributed by atoms with Crippen LogP contribution in [0.4, 0.5) is 0 Å². The van der Waals surface area contributed by atoms with Crippen LogP contribution < -0.4 is 5.73 Å². The van der Waals surface area contributed by atoms with Crippen LogP contribution >= 0.6 is 0 Å². The predicted octanol–water partition coefficient (Wildman–Crippen LogP) is 2.59. The molecule has 1 aromatic carbocycles. The fourth-order valence-corrected chi connectivity index (χ4v) is 2.69. The van der Waals surface area contributed by atoms with Crippen molar-refractivity contribution in [1.29, 1.82) is 0 Å². The van der Waals surface area contributed by atoms with Crippen molar-refractivity contribution in [2.24, 2.45) is 5.73 Å². The van der Waals surface area contributed by atoms with E-state index in [4.69, 9.17) is 5.73 Å². The van der Waals surface area contributed by atoms with Gasteiger partial charge < -0.3 is 5.73 Å². The number of aromatic nitrogens is 3. The molecule has 0 fully saturated rings. The minimum absolute atomic E-state index is 0.0714. The zero-order valence-electron chi connectivity index (χ0n) is 11.7. The molecule has 0 bridgehead atoms. The molecule has 0 radical (unpaired) electrons. The Balaban J connectivity index is 1.91. The Bertz CT molecular complexity index is 725. The molecule has 4 heteroatoms. The van der Waals surface area contributed by atoms with E-state index in [0.717, 1.165) is 17.5 Å². The van der Waals surface area contributed by atoms with E-state index in [1.165, 1.54) is 16.7 Å². The SMILES string of the molecule is Cc1cc(C)cc(CC(N)c2cnn3ccncc23)c1. The second-order valence-corrected chi connectivity index (χ2v) is 5.31. The minimum Gasteiger partial charge on any atom is -0.324 e. The first kappa shape index (κ1) is 12.8. The Hall–Kier alpha value is -2.20. The Morgan fingerprint density at radius 1 is 1.15 bits per heavy atom. The first-order chi connectivity index (χ1) is 9.63. The van der Waals surface area contributed by atoms with Crippen molar-refractivity contribution in [1.82, 2.24) is 14.6 Å². The molecule has 2 heterocycles. The zero-order valence-corrected chi connectivity index (χ0v) is 11.7. The van der Waals surface area contributed by atoms with Gasteiger partial charge in [0.15, 0.2) is 0 Å². The number of benzene rings is 1. The summed E-state index contributed by atoms with van der Waals surface area (Å²) in [6.07, 6.45) is 8.01. The van der Waals surface area contributed by atoms with E-state index in [2.05, 4.69) is 42.1 Å². The van der Waals surface area contributed by atoms with Gasteiger partial charge in [-0.2, -0.15) is 5.10 Å². The molecule has 0 saturated carbocycles. The van der Waals surface area contributed by atoms with Gasteiger partial charge in [-0.15, -0.1) is 0 Å². The van der Waals surface area contributed by atoms with Crippen molar-refractivity contribution in [2.75, 3.05) is 0 Å². The Morgan fingerprint density at radius 3 is 2.65 bits per heavy atom. The standard InChI is InChI=1S/C16H18N4/c1-11-5-12(2)7-13(6-11)8-15(17)14-9-19-20-4-3-18-10-16(14)20/h3-7,9-10,15H,8,17H2,1-2H3. The summed E-state index contributed by atoms with van der Waals surface area (Å²) in [5.41, 5.74) is 12.2. The number of aryl methyl sites for hydroxylation is 2. The number of hydrogen-bond acceptors (Lipinski definition) is 3. The molecule has 1 unspecified atom stereocenters. The first-order valence-corrected chi connectivity index (χ1v) is 6.73. The summed E-state index contributed by atoms with van der Waals surface area (Å²) < 4.78 is 1.81. The highest BCUT2D eigenvalue weighted by molar-refractivity contribution is 5.53. The van der Waals surface area contributed by atoms with Gasteiger partial charge in [0.1, 0.15) is 0 Å². The molecule has 0 spiro atoms. The van der Waals surface area contributed by atoms with Crippen LogP contribution in [0.2, 0.25) is 0 Å². The number of rotatable bonds is 3. The highest BCUT2D eigenvalue weighted by atomic mass is 15.2. The van der Waals surface area contributed by atoms with E-state index in [1.807, 2.05) is 23.1 Å². The lowest BCUT2D eigenvalue weighted by Crippen LogP contribution is -2.13. The van der Waals surface area contributed by atoms with Crippen LogP contribution in [-0.2, 0) is 6.42 Å². The van der Waals surface area contributed by atoms with Gasteiger partial charge in [0.2, 0.25) is 0 Å². The maximum Gasteiger partial charge on any atom is 0.0892 e. The molecular weight excluding hydrogens is 248 g/mol. The van der Waals surface area contributed by atoms with Gasteiger partial charge in [0, 0.05) is 24.0 Å². The number of hydrogen-bond donors (Lipinski definition) is 1. The monoisotopic (exact) mass is 266 g/mol. The summed E-state index contributed by atoms with van der Waals surface area (Å²) in [5.74, 6) is 0. The topological polar surface area (TPSA) is 56.2 Å². The molecule has 0 amide bonds. The van der Waals surface area contributed by atoms with E-state index in [1.54, 1.807) is 6.20 Å². The Morgan fingerprint density at radius 2 is 1.90 bits per heavy atom. The van der Waals surface area contributed by atoms with Crippen LogP contribution in [0, 0.1) is 13.8 Å². The van der Waals surface area contributed by atoms with Gasteiger partial charge in [0.05, 0.1) is 17.9 Å². The third-order valence-corrected chi connectivity index (χ3v) is 3.49. The lowest BCUT2D eigenvalue weighted by molar-refractivity contribution is 0.726. The highest BCUT2D eigenvalue weighted by Gasteiger charge is 2.13. The van der Waals surface area contributed by atoms with E-state index in [9.17, 15) is 0 Å². The number of fused-ring (bicyclic) bond motifs is 1. The van der Waals surface area contributed by atoms with Gasteiger partial charge in [-0.3, -0.25) is 4.98 Å². The van der Waals surface area contributed by atoms with Crippen LogP contribution in [0.1, 0.15) is 28.3 Å². The van der Waals surface area contributed by atoms with Crippen molar-refractivity contribution in [3.8, 4) is 0 Å². The van der Waals surface area contributed by atoms with Gasteiger partial charge in [0.25, 0.3) is 0 Å². The average molecular weight is 266 g/mol. The lowest BCUT2D eigenvalue weighted by Gasteiger charge is -2.12. The molecule has 0 saturated heterocycles. The fourth-order valence-electron chi connectivity index (χ4n) is 2.69. The normalized spacial score (nSPS) is 12.8. The minimum atomic E-state index is -0.0714. The Labute approximate surface area is 118 Å².